The summed E-state index contributed by atoms with van der Waals surface area (Å²) >= 11 is 3.28. The van der Waals surface area contributed by atoms with Gasteiger partial charge in [-0.1, -0.05) is 15.9 Å². The minimum absolute atomic E-state index is 0.0329. The van der Waals surface area contributed by atoms with Gasteiger partial charge in [0.15, 0.2) is 0 Å². The van der Waals surface area contributed by atoms with Crippen LogP contribution in [0.1, 0.15) is 12.5 Å². The van der Waals surface area contributed by atoms with E-state index in [1.54, 1.807) is 19.1 Å². The Labute approximate surface area is 101 Å². The van der Waals surface area contributed by atoms with Crippen LogP contribution in [0.2, 0.25) is 0 Å². The lowest BCUT2D eigenvalue weighted by Gasteiger charge is -2.35. The van der Waals surface area contributed by atoms with Crippen LogP contribution in [0.15, 0.2) is 22.7 Å². The summed E-state index contributed by atoms with van der Waals surface area (Å²) in [5, 5.41) is 2.75. The maximum Gasteiger partial charge on any atom is 0.246 e. The van der Waals surface area contributed by atoms with Crippen molar-refractivity contribution in [3.63, 3.8) is 0 Å². The second-order valence-electron chi connectivity index (χ2n) is 4.00. The molecule has 0 spiro atoms. The van der Waals surface area contributed by atoms with Gasteiger partial charge in [0.25, 0.3) is 0 Å². The molecule has 0 saturated carbocycles. The quantitative estimate of drug-likeness (QED) is 0.857. The number of halogens is 2. The Hall–Kier alpha value is -0.940. The van der Waals surface area contributed by atoms with Gasteiger partial charge in [-0.25, -0.2) is 4.39 Å². The lowest BCUT2D eigenvalue weighted by molar-refractivity contribution is -0.135. The van der Waals surface area contributed by atoms with Gasteiger partial charge < -0.3 is 10.1 Å². The van der Waals surface area contributed by atoms with E-state index < -0.39 is 5.54 Å². The molecule has 0 unspecified atom stereocenters. The van der Waals surface area contributed by atoms with Crippen molar-refractivity contribution in [3.05, 3.63) is 34.1 Å². The van der Waals surface area contributed by atoms with Gasteiger partial charge in [-0.2, -0.15) is 0 Å². The van der Waals surface area contributed by atoms with E-state index in [2.05, 4.69) is 21.2 Å². The molecule has 3 nitrogen and oxygen atoms in total. The number of hydrogen-bond acceptors (Lipinski definition) is 2. The number of amides is 1. The molecule has 86 valence electrons. The van der Waals surface area contributed by atoms with Gasteiger partial charge >= 0.3 is 0 Å². The topological polar surface area (TPSA) is 38.3 Å². The van der Waals surface area contributed by atoms with Gasteiger partial charge in [0, 0.05) is 10.0 Å². The molecule has 0 radical (unpaired) electrons. The largest absolute Gasteiger partial charge is 0.369 e. The number of carbonyl (C=O) groups excluding carboxylic acids is 1. The van der Waals surface area contributed by atoms with E-state index in [9.17, 15) is 9.18 Å². The van der Waals surface area contributed by atoms with E-state index in [1.165, 1.54) is 6.07 Å². The lowest BCUT2D eigenvalue weighted by atomic mass is 9.91. The Morgan fingerprint density at radius 3 is 3.00 bits per heavy atom. The van der Waals surface area contributed by atoms with Crippen molar-refractivity contribution in [2.75, 3.05) is 13.2 Å². The van der Waals surface area contributed by atoms with Gasteiger partial charge in [0.2, 0.25) is 5.91 Å². The number of morpholine rings is 1. The molecule has 0 bridgehead atoms. The summed E-state index contributed by atoms with van der Waals surface area (Å²) in [6.45, 7) is 2.05. The molecule has 1 saturated heterocycles. The van der Waals surface area contributed by atoms with Crippen molar-refractivity contribution in [1.82, 2.24) is 5.32 Å². The predicted octanol–water partition coefficient (Wildman–Crippen LogP) is 1.95. The fourth-order valence-corrected chi connectivity index (χ4v) is 2.15. The molecule has 0 aromatic heterocycles. The summed E-state index contributed by atoms with van der Waals surface area (Å²) in [6.07, 6.45) is 0. The monoisotopic (exact) mass is 287 g/mol. The standard InChI is InChI=1S/C11H11BrFNO2/c1-11(6-16-5-10(15)14-11)8-4-7(12)2-3-9(8)13/h2-4H,5-6H2,1H3,(H,14,15)/t11-/m1/s1. The number of ether oxygens (including phenoxy) is 1. The zero-order valence-corrected chi connectivity index (χ0v) is 10.3. The molecule has 1 atom stereocenters. The first-order valence-corrected chi connectivity index (χ1v) is 5.65. The number of carbonyl (C=O) groups is 1. The lowest BCUT2D eigenvalue weighted by Crippen LogP contribution is -2.53. The second-order valence-corrected chi connectivity index (χ2v) is 4.91. The first kappa shape index (κ1) is 11.5. The SMILES string of the molecule is C[C@]1(c2cc(Br)ccc2F)COCC(=O)N1. The van der Waals surface area contributed by atoms with Gasteiger partial charge in [-0.3, -0.25) is 4.79 Å². The van der Waals surface area contributed by atoms with Gasteiger partial charge in [-0.15, -0.1) is 0 Å². The average Bonchev–Trinajstić information content (AvgIpc) is 2.21. The summed E-state index contributed by atoms with van der Waals surface area (Å²) in [4.78, 5) is 11.3. The summed E-state index contributed by atoms with van der Waals surface area (Å²) < 4.78 is 19.6. The van der Waals surface area contributed by atoms with Gasteiger partial charge in [0.05, 0.1) is 12.1 Å². The predicted molar refractivity (Wildman–Crippen MR) is 60.4 cm³/mol. The van der Waals surface area contributed by atoms with Crippen molar-refractivity contribution in [1.29, 1.82) is 0 Å². The van der Waals surface area contributed by atoms with E-state index in [0.717, 1.165) is 4.47 Å². The van der Waals surface area contributed by atoms with Crippen molar-refractivity contribution >= 4 is 21.8 Å². The molecule has 0 aliphatic carbocycles. The van der Waals surface area contributed by atoms with Crippen LogP contribution in [-0.2, 0) is 15.1 Å². The van der Waals surface area contributed by atoms with Gasteiger partial charge in [-0.05, 0) is 25.1 Å². The maximum absolute atomic E-state index is 13.7. The highest BCUT2D eigenvalue weighted by atomic mass is 79.9. The van der Waals surface area contributed by atoms with Crippen molar-refractivity contribution < 1.29 is 13.9 Å². The Kier molecular flexibility index (Phi) is 2.99. The van der Waals surface area contributed by atoms with Crippen LogP contribution in [0.5, 0.6) is 0 Å². The Morgan fingerprint density at radius 1 is 1.56 bits per heavy atom. The van der Waals surface area contributed by atoms with Crippen molar-refractivity contribution in [3.8, 4) is 0 Å². The van der Waals surface area contributed by atoms with Crippen LogP contribution in [0, 0.1) is 5.82 Å². The third kappa shape index (κ3) is 2.10. The van der Waals surface area contributed by atoms with E-state index in [4.69, 9.17) is 4.74 Å². The zero-order chi connectivity index (χ0) is 11.8. The molecule has 1 heterocycles. The molecule has 16 heavy (non-hydrogen) atoms. The highest BCUT2D eigenvalue weighted by Crippen LogP contribution is 2.28. The van der Waals surface area contributed by atoms with Crippen molar-refractivity contribution in [2.24, 2.45) is 0 Å². The molecule has 5 heteroatoms. The smallest absolute Gasteiger partial charge is 0.246 e. The molecule has 1 N–H and O–H groups in total. The molecule has 1 aromatic rings. The highest BCUT2D eigenvalue weighted by molar-refractivity contribution is 9.10. The summed E-state index contributed by atoms with van der Waals surface area (Å²) in [6, 6.07) is 4.64. The molecule has 2 rings (SSSR count). The normalized spacial score (nSPS) is 25.3. The van der Waals surface area contributed by atoms with Crippen LogP contribution in [0.25, 0.3) is 0 Å². The van der Waals surface area contributed by atoms with E-state index in [0.29, 0.717) is 5.56 Å². The molecule has 1 aliphatic rings. The number of benzene rings is 1. The third-order valence-electron chi connectivity index (χ3n) is 2.56. The maximum atomic E-state index is 13.7. The first-order chi connectivity index (χ1) is 7.51. The molecule has 1 fully saturated rings. The van der Waals surface area contributed by atoms with Crippen LogP contribution in [-0.4, -0.2) is 19.1 Å². The molecule has 1 aliphatic heterocycles. The van der Waals surface area contributed by atoms with Gasteiger partial charge in [0.1, 0.15) is 12.4 Å². The fraction of sp³-hybridized carbons (Fsp3) is 0.364. The Morgan fingerprint density at radius 2 is 2.31 bits per heavy atom. The van der Waals surface area contributed by atoms with E-state index in [1.807, 2.05) is 0 Å². The molecular weight excluding hydrogens is 277 g/mol. The molecule has 1 amide bonds. The summed E-state index contributed by atoms with van der Waals surface area (Å²) in [7, 11) is 0. The fourth-order valence-electron chi connectivity index (χ4n) is 1.79. The van der Waals surface area contributed by atoms with Crippen LogP contribution < -0.4 is 5.32 Å². The number of nitrogens with one attached hydrogen (secondary N) is 1. The van der Waals surface area contributed by atoms with Crippen molar-refractivity contribution in [2.45, 2.75) is 12.5 Å². The van der Waals surface area contributed by atoms with E-state index >= 15 is 0 Å². The average molecular weight is 288 g/mol. The minimum atomic E-state index is -0.802. The third-order valence-corrected chi connectivity index (χ3v) is 3.06. The minimum Gasteiger partial charge on any atom is -0.369 e. The van der Waals surface area contributed by atoms with Crippen LogP contribution in [0.3, 0.4) is 0 Å². The number of hydrogen-bond donors (Lipinski definition) is 1. The number of rotatable bonds is 1. The van der Waals surface area contributed by atoms with Crippen LogP contribution >= 0.6 is 15.9 Å². The Bertz CT molecular complexity index is 438. The first-order valence-electron chi connectivity index (χ1n) is 4.85. The summed E-state index contributed by atoms with van der Waals surface area (Å²) in [5.41, 5.74) is -0.377. The second kappa shape index (κ2) is 4.14. The zero-order valence-electron chi connectivity index (χ0n) is 8.72. The Balaban J connectivity index is 2.41. The molecule has 1 aromatic carbocycles. The van der Waals surface area contributed by atoms with Crippen LogP contribution in [0.4, 0.5) is 4.39 Å². The highest BCUT2D eigenvalue weighted by Gasteiger charge is 2.35. The van der Waals surface area contributed by atoms with E-state index in [-0.39, 0.29) is 24.9 Å². The molecular formula is C11H11BrFNO2. The summed E-state index contributed by atoms with van der Waals surface area (Å²) in [5.74, 6) is -0.579.